The van der Waals surface area contributed by atoms with Gasteiger partial charge in [-0.25, -0.2) is 8.42 Å². The predicted octanol–water partition coefficient (Wildman–Crippen LogP) is 2.54. The Morgan fingerprint density at radius 2 is 2.06 bits per heavy atom. The minimum Gasteiger partial charge on any atom is -0.223 e. The van der Waals surface area contributed by atoms with Crippen molar-refractivity contribution in [2.75, 3.05) is 0 Å². The molecule has 1 aliphatic rings. The zero-order valence-corrected chi connectivity index (χ0v) is 10.1. The maximum atomic E-state index is 12.0. The van der Waals surface area contributed by atoms with Gasteiger partial charge in [-0.15, -0.1) is 0 Å². The third-order valence-corrected chi connectivity index (χ3v) is 5.45. The SMILES string of the molecule is N#Cc1ccc(S(=O)(=O)C2CCC2)cc1Cl. The Bertz CT molecular complexity index is 556. The molecule has 0 aliphatic heterocycles. The first-order valence-electron chi connectivity index (χ1n) is 4.99. The van der Waals surface area contributed by atoms with Crippen molar-refractivity contribution >= 4 is 21.4 Å². The minimum absolute atomic E-state index is 0.197. The van der Waals surface area contributed by atoms with Crippen LogP contribution < -0.4 is 0 Å². The number of benzene rings is 1. The summed E-state index contributed by atoms with van der Waals surface area (Å²) in [5, 5.41) is 8.62. The van der Waals surface area contributed by atoms with E-state index >= 15 is 0 Å². The van der Waals surface area contributed by atoms with E-state index in [2.05, 4.69) is 0 Å². The highest BCUT2D eigenvalue weighted by atomic mass is 35.5. The highest BCUT2D eigenvalue weighted by Gasteiger charge is 2.32. The third kappa shape index (κ3) is 1.81. The Hall–Kier alpha value is -1.05. The number of hydrogen-bond acceptors (Lipinski definition) is 3. The van der Waals surface area contributed by atoms with Crippen molar-refractivity contribution in [3.63, 3.8) is 0 Å². The van der Waals surface area contributed by atoms with E-state index in [1.54, 1.807) is 0 Å². The summed E-state index contributed by atoms with van der Waals surface area (Å²) < 4.78 is 24.0. The summed E-state index contributed by atoms with van der Waals surface area (Å²) >= 11 is 5.81. The molecular formula is C11H10ClNO2S. The Balaban J connectivity index is 2.42. The number of nitrogens with zero attached hydrogens (tertiary/aromatic N) is 1. The van der Waals surface area contributed by atoms with Crippen molar-refractivity contribution in [2.24, 2.45) is 0 Å². The number of hydrogen-bond donors (Lipinski definition) is 0. The molecule has 0 heterocycles. The van der Waals surface area contributed by atoms with Crippen LogP contribution in [-0.2, 0) is 9.84 Å². The second-order valence-corrected chi connectivity index (χ2v) is 6.49. The molecule has 16 heavy (non-hydrogen) atoms. The lowest BCUT2D eigenvalue weighted by atomic mass is 10.00. The molecule has 1 aliphatic carbocycles. The fourth-order valence-corrected chi connectivity index (χ4v) is 3.80. The number of halogens is 1. The maximum Gasteiger partial charge on any atom is 0.181 e. The summed E-state index contributed by atoms with van der Waals surface area (Å²) in [7, 11) is -3.24. The monoisotopic (exact) mass is 255 g/mol. The van der Waals surface area contributed by atoms with Gasteiger partial charge >= 0.3 is 0 Å². The largest absolute Gasteiger partial charge is 0.223 e. The number of rotatable bonds is 2. The van der Waals surface area contributed by atoms with Crippen molar-refractivity contribution in [3.8, 4) is 6.07 Å². The van der Waals surface area contributed by atoms with Crippen LogP contribution in [0.4, 0.5) is 0 Å². The van der Waals surface area contributed by atoms with Gasteiger partial charge in [0.2, 0.25) is 0 Å². The van der Waals surface area contributed by atoms with Gasteiger partial charge < -0.3 is 0 Å². The number of nitriles is 1. The first-order chi connectivity index (χ1) is 7.55. The molecule has 0 unspecified atom stereocenters. The Kier molecular flexibility index (Phi) is 2.92. The van der Waals surface area contributed by atoms with E-state index in [0.29, 0.717) is 5.56 Å². The van der Waals surface area contributed by atoms with Gasteiger partial charge in [0.15, 0.2) is 9.84 Å². The topological polar surface area (TPSA) is 57.9 Å². The molecule has 0 bridgehead atoms. The molecule has 0 atom stereocenters. The Morgan fingerprint density at radius 3 is 2.50 bits per heavy atom. The molecule has 0 N–H and O–H groups in total. The molecule has 0 saturated heterocycles. The average Bonchev–Trinajstić information content (AvgIpc) is 2.14. The van der Waals surface area contributed by atoms with E-state index in [4.69, 9.17) is 16.9 Å². The van der Waals surface area contributed by atoms with E-state index in [1.165, 1.54) is 18.2 Å². The van der Waals surface area contributed by atoms with Crippen LogP contribution in [0.3, 0.4) is 0 Å². The predicted molar refractivity (Wildman–Crippen MR) is 61.0 cm³/mol. The summed E-state index contributed by atoms with van der Waals surface area (Å²) in [6.07, 6.45) is 2.41. The molecule has 0 amide bonds. The van der Waals surface area contributed by atoms with Crippen LogP contribution in [-0.4, -0.2) is 13.7 Å². The molecule has 1 fully saturated rings. The highest BCUT2D eigenvalue weighted by Crippen LogP contribution is 2.32. The Labute approximate surface area is 99.6 Å². The summed E-state index contributed by atoms with van der Waals surface area (Å²) in [5.41, 5.74) is 0.300. The second-order valence-electron chi connectivity index (χ2n) is 3.85. The van der Waals surface area contributed by atoms with Gasteiger partial charge in [0.05, 0.1) is 20.7 Å². The van der Waals surface area contributed by atoms with E-state index in [-0.39, 0.29) is 15.2 Å². The molecule has 2 rings (SSSR count). The van der Waals surface area contributed by atoms with E-state index in [0.717, 1.165) is 19.3 Å². The fraction of sp³-hybridized carbons (Fsp3) is 0.364. The van der Waals surface area contributed by atoms with E-state index in [1.807, 2.05) is 6.07 Å². The molecule has 84 valence electrons. The van der Waals surface area contributed by atoms with Crippen molar-refractivity contribution in [2.45, 2.75) is 29.4 Å². The molecule has 1 aromatic rings. The van der Waals surface area contributed by atoms with Crippen LogP contribution in [0, 0.1) is 11.3 Å². The first-order valence-corrected chi connectivity index (χ1v) is 6.91. The first kappa shape index (κ1) is 11.4. The number of sulfone groups is 1. The molecular weight excluding hydrogens is 246 g/mol. The van der Waals surface area contributed by atoms with E-state index in [9.17, 15) is 8.42 Å². The van der Waals surface area contributed by atoms with Crippen molar-refractivity contribution in [1.82, 2.24) is 0 Å². The van der Waals surface area contributed by atoms with Crippen LogP contribution in [0.5, 0.6) is 0 Å². The van der Waals surface area contributed by atoms with Gasteiger partial charge in [0.1, 0.15) is 6.07 Å². The summed E-state index contributed by atoms with van der Waals surface area (Å²) in [4.78, 5) is 0.223. The van der Waals surface area contributed by atoms with Crippen molar-refractivity contribution in [3.05, 3.63) is 28.8 Å². The maximum absolute atomic E-state index is 12.0. The van der Waals surface area contributed by atoms with Crippen molar-refractivity contribution in [1.29, 1.82) is 5.26 Å². The summed E-state index contributed by atoms with van der Waals surface area (Å²) in [6.45, 7) is 0. The van der Waals surface area contributed by atoms with Crippen LogP contribution in [0.2, 0.25) is 5.02 Å². The molecule has 0 aromatic heterocycles. The highest BCUT2D eigenvalue weighted by molar-refractivity contribution is 7.92. The van der Waals surface area contributed by atoms with Gasteiger partial charge in [-0.2, -0.15) is 5.26 Å². The van der Waals surface area contributed by atoms with Crippen LogP contribution in [0.1, 0.15) is 24.8 Å². The van der Waals surface area contributed by atoms with E-state index < -0.39 is 9.84 Å². The lowest BCUT2D eigenvalue weighted by Crippen LogP contribution is -2.28. The summed E-state index contributed by atoms with van der Waals surface area (Å²) in [6, 6.07) is 6.18. The molecule has 1 aromatic carbocycles. The van der Waals surface area contributed by atoms with Gasteiger partial charge in [0.25, 0.3) is 0 Å². The van der Waals surface area contributed by atoms with Crippen LogP contribution in [0.25, 0.3) is 0 Å². The van der Waals surface area contributed by atoms with Crippen molar-refractivity contribution < 1.29 is 8.42 Å². The fourth-order valence-electron chi connectivity index (χ4n) is 1.64. The Morgan fingerprint density at radius 1 is 1.38 bits per heavy atom. The lowest BCUT2D eigenvalue weighted by Gasteiger charge is -2.25. The summed E-state index contributed by atoms with van der Waals surface area (Å²) in [5.74, 6) is 0. The second kappa shape index (κ2) is 4.08. The molecule has 0 spiro atoms. The van der Waals surface area contributed by atoms with Gasteiger partial charge in [0, 0.05) is 0 Å². The zero-order valence-electron chi connectivity index (χ0n) is 8.48. The quantitative estimate of drug-likeness (QED) is 0.816. The third-order valence-electron chi connectivity index (χ3n) is 2.88. The zero-order chi connectivity index (χ0) is 11.8. The van der Waals surface area contributed by atoms with Gasteiger partial charge in [-0.05, 0) is 31.0 Å². The average molecular weight is 256 g/mol. The lowest BCUT2D eigenvalue weighted by molar-refractivity contribution is 0.477. The van der Waals surface area contributed by atoms with Crippen LogP contribution >= 0.6 is 11.6 Å². The van der Waals surface area contributed by atoms with Gasteiger partial charge in [-0.3, -0.25) is 0 Å². The van der Waals surface area contributed by atoms with Gasteiger partial charge in [-0.1, -0.05) is 18.0 Å². The minimum atomic E-state index is -3.24. The smallest absolute Gasteiger partial charge is 0.181 e. The standard InChI is InChI=1S/C11H10ClNO2S/c12-11-6-10(5-4-8(11)7-13)16(14,15)9-2-1-3-9/h4-6,9H,1-3H2. The molecule has 1 saturated carbocycles. The molecule has 5 heteroatoms. The molecule has 3 nitrogen and oxygen atoms in total. The molecule has 0 radical (unpaired) electrons. The normalized spacial score (nSPS) is 16.5. The van der Waals surface area contributed by atoms with Crippen LogP contribution in [0.15, 0.2) is 23.1 Å².